The minimum Gasteiger partial charge on any atom is -0.549 e. The number of rotatable bonds is 9. The van der Waals surface area contributed by atoms with Crippen LogP contribution < -0.4 is 10.4 Å². The lowest BCUT2D eigenvalue weighted by Crippen LogP contribution is -2.63. The van der Waals surface area contributed by atoms with Gasteiger partial charge in [0.15, 0.2) is 0 Å². The van der Waals surface area contributed by atoms with Gasteiger partial charge >= 0.3 is 0 Å². The topological polar surface area (TPSA) is 9.23 Å². The Morgan fingerprint density at radius 1 is 0.750 bits per heavy atom. The molecule has 0 aliphatic rings. The predicted octanol–water partition coefficient (Wildman–Crippen LogP) is 6.59. The molecule has 0 fully saturated rings. The Morgan fingerprint density at radius 3 is 1.54 bits per heavy atom. The van der Waals surface area contributed by atoms with Crippen LogP contribution in [0.25, 0.3) is 0 Å². The minimum absolute atomic E-state index is 0.189. The molecule has 1 nitrogen and oxygen atoms in total. The van der Waals surface area contributed by atoms with Gasteiger partial charge in [0.25, 0.3) is 0 Å². The van der Waals surface area contributed by atoms with Crippen molar-refractivity contribution < 1.29 is 4.43 Å². The van der Waals surface area contributed by atoms with E-state index in [1.54, 1.807) is 0 Å². The summed E-state index contributed by atoms with van der Waals surface area (Å²) < 4.78 is 6.44. The zero-order chi connectivity index (χ0) is 20.7. The largest absolute Gasteiger partial charge is 0.549 e. The van der Waals surface area contributed by atoms with Gasteiger partial charge in [-0.05, 0) is 29.2 Å². The van der Waals surface area contributed by atoms with Gasteiger partial charge in [-0.15, -0.1) is 0 Å². The average molecular weight is 411 g/mol. The molecule has 0 N–H and O–H groups in total. The van der Waals surface area contributed by atoms with Gasteiger partial charge in [0.2, 0.25) is 8.32 Å². The fourth-order valence-corrected chi connectivity index (χ4v) is 11.9. The number of hydrogen-bond acceptors (Lipinski definition) is 1. The molecule has 0 amide bonds. The van der Waals surface area contributed by atoms with Gasteiger partial charge in [-0.3, -0.25) is 0 Å². The maximum absolute atomic E-state index is 6.44. The molecule has 3 heteroatoms. The summed E-state index contributed by atoms with van der Waals surface area (Å²) in [5, 5.41) is 3.20. The molecule has 2 aromatic rings. The second-order valence-corrected chi connectivity index (χ2v) is 18.4. The van der Waals surface area contributed by atoms with Gasteiger partial charge in [0.1, 0.15) is 8.07 Å². The molecule has 0 saturated heterocycles. The second-order valence-electron chi connectivity index (χ2n) is 8.82. The highest BCUT2D eigenvalue weighted by Gasteiger charge is 2.46. The molecule has 0 aliphatic heterocycles. The van der Waals surface area contributed by atoms with Crippen LogP contribution in [-0.2, 0) is 4.43 Å². The fourth-order valence-electron chi connectivity index (χ4n) is 4.44. The molecule has 0 radical (unpaired) electrons. The Bertz CT molecular complexity index is 680. The first-order valence-electron chi connectivity index (χ1n) is 10.8. The lowest BCUT2D eigenvalue weighted by molar-refractivity contribution is 0.457. The third kappa shape index (κ3) is 4.69. The van der Waals surface area contributed by atoms with Crippen molar-refractivity contribution in [3.05, 3.63) is 73.0 Å². The molecule has 0 atom stereocenters. The smallest absolute Gasteiger partial charge is 0.249 e. The molecule has 0 aliphatic carbocycles. The molecule has 2 rings (SSSR count). The summed E-state index contributed by atoms with van der Waals surface area (Å²) >= 11 is 0. The number of benzene rings is 2. The lowest BCUT2D eigenvalue weighted by atomic mass is 10.2. The Morgan fingerprint density at radius 2 is 1.18 bits per heavy atom. The molecule has 152 valence electrons. The normalized spacial score (nSPS) is 13.1. The van der Waals surface area contributed by atoms with Crippen molar-refractivity contribution in [2.24, 2.45) is 0 Å². The lowest BCUT2D eigenvalue weighted by Gasteiger charge is -2.43. The van der Waals surface area contributed by atoms with E-state index in [0.717, 1.165) is 6.04 Å². The van der Waals surface area contributed by atoms with Crippen LogP contribution in [0, 0.1) is 0 Å². The van der Waals surface area contributed by atoms with E-state index in [-0.39, 0.29) is 5.04 Å². The van der Waals surface area contributed by atoms with E-state index >= 15 is 0 Å². The SMILES string of the molecule is CC[Si](CC)(CC)O/C=C\C[Si](c1ccccc1)(c1ccccc1)C(C)(C)C. The second kappa shape index (κ2) is 9.75. The Kier molecular flexibility index (Phi) is 7.91. The van der Waals surface area contributed by atoms with Crippen LogP contribution in [0.4, 0.5) is 0 Å². The highest BCUT2D eigenvalue weighted by Crippen LogP contribution is 2.39. The van der Waals surface area contributed by atoms with Gasteiger partial charge in [0.05, 0.1) is 6.26 Å². The average Bonchev–Trinajstić information content (AvgIpc) is 2.72. The Balaban J connectivity index is 2.46. The third-order valence-electron chi connectivity index (χ3n) is 6.58. The number of allylic oxidation sites excluding steroid dienone is 1. The molecular formula is C25H38OSi2. The summed E-state index contributed by atoms with van der Waals surface area (Å²) in [6.45, 7) is 14.1. The molecule has 0 unspecified atom stereocenters. The molecule has 0 saturated carbocycles. The van der Waals surface area contributed by atoms with Crippen molar-refractivity contribution in [2.75, 3.05) is 0 Å². The molecule has 28 heavy (non-hydrogen) atoms. The highest BCUT2D eigenvalue weighted by molar-refractivity contribution is 7.04. The van der Waals surface area contributed by atoms with Crippen molar-refractivity contribution >= 4 is 26.8 Å². The first kappa shape index (κ1) is 22.7. The van der Waals surface area contributed by atoms with Crippen LogP contribution in [-0.4, -0.2) is 16.4 Å². The van der Waals surface area contributed by atoms with Crippen LogP contribution in [0.2, 0.25) is 29.2 Å². The van der Waals surface area contributed by atoms with Crippen molar-refractivity contribution in [3.8, 4) is 0 Å². The number of hydrogen-bond donors (Lipinski definition) is 0. The van der Waals surface area contributed by atoms with Crippen LogP contribution in [0.1, 0.15) is 41.5 Å². The zero-order valence-corrected chi connectivity index (χ0v) is 20.7. The van der Waals surface area contributed by atoms with E-state index in [9.17, 15) is 0 Å². The van der Waals surface area contributed by atoms with Gasteiger partial charge in [-0.1, -0.05) is 119 Å². The van der Waals surface area contributed by atoms with E-state index in [2.05, 4.69) is 115 Å². The summed E-state index contributed by atoms with van der Waals surface area (Å²) in [5.74, 6) is 0. The van der Waals surface area contributed by atoms with Gasteiger partial charge < -0.3 is 4.43 Å². The van der Waals surface area contributed by atoms with E-state index in [4.69, 9.17) is 4.43 Å². The van der Waals surface area contributed by atoms with Crippen LogP contribution >= 0.6 is 0 Å². The summed E-state index contributed by atoms with van der Waals surface area (Å²) in [4.78, 5) is 0. The molecule has 0 heterocycles. The van der Waals surface area contributed by atoms with Crippen LogP contribution in [0.15, 0.2) is 73.0 Å². The molecule has 2 aromatic carbocycles. The van der Waals surface area contributed by atoms with Gasteiger partial charge in [-0.2, -0.15) is 0 Å². The minimum atomic E-state index is -2.03. The van der Waals surface area contributed by atoms with Crippen molar-refractivity contribution in [1.82, 2.24) is 0 Å². The van der Waals surface area contributed by atoms with Crippen molar-refractivity contribution in [3.63, 3.8) is 0 Å². The predicted molar refractivity (Wildman–Crippen MR) is 130 cm³/mol. The molecule has 0 spiro atoms. The first-order chi connectivity index (χ1) is 13.3. The van der Waals surface area contributed by atoms with Crippen molar-refractivity contribution in [1.29, 1.82) is 0 Å². The van der Waals surface area contributed by atoms with E-state index in [1.165, 1.54) is 28.5 Å². The Labute approximate surface area is 175 Å². The zero-order valence-electron chi connectivity index (χ0n) is 18.7. The van der Waals surface area contributed by atoms with Gasteiger partial charge in [-0.25, -0.2) is 0 Å². The van der Waals surface area contributed by atoms with E-state index in [1.807, 2.05) is 0 Å². The quantitative estimate of drug-likeness (QED) is 0.335. The standard InChI is InChI=1S/C25H38OSi2/c1-7-27(8-2,9-3)26-21-16-22-28(25(4,5)6,23-17-12-10-13-18-23)24-19-14-11-15-20-24/h10-21H,7-9,22H2,1-6H3/b21-16-. The first-order valence-corrected chi connectivity index (χ1v) is 15.5. The fraction of sp³-hybridized carbons (Fsp3) is 0.440. The Hall–Kier alpha value is -1.59. The van der Waals surface area contributed by atoms with Gasteiger partial charge in [0, 0.05) is 0 Å². The molecule has 0 aromatic heterocycles. The van der Waals surface area contributed by atoms with Crippen molar-refractivity contribution in [2.45, 2.75) is 70.8 Å². The van der Waals surface area contributed by atoms with E-state index < -0.39 is 16.4 Å². The summed E-state index contributed by atoms with van der Waals surface area (Å²) in [6.07, 6.45) is 4.39. The third-order valence-corrected chi connectivity index (χ3v) is 17.1. The monoisotopic (exact) mass is 410 g/mol. The summed E-state index contributed by atoms with van der Waals surface area (Å²) in [7, 11) is -3.62. The summed E-state index contributed by atoms with van der Waals surface area (Å²) in [6, 6.07) is 27.0. The maximum Gasteiger partial charge on any atom is 0.249 e. The van der Waals surface area contributed by atoms with E-state index in [0.29, 0.717) is 0 Å². The summed E-state index contributed by atoms with van der Waals surface area (Å²) in [5.41, 5.74) is 0. The maximum atomic E-state index is 6.44. The molecule has 0 bridgehead atoms. The van der Waals surface area contributed by atoms with Crippen LogP contribution in [0.3, 0.4) is 0 Å². The molecular weight excluding hydrogens is 372 g/mol. The highest BCUT2D eigenvalue weighted by atomic mass is 28.4. The van der Waals surface area contributed by atoms with Crippen LogP contribution in [0.5, 0.6) is 0 Å².